The van der Waals surface area contributed by atoms with Gasteiger partial charge < -0.3 is 9.26 Å². The summed E-state index contributed by atoms with van der Waals surface area (Å²) in [6, 6.07) is 2.18. The number of rotatable bonds is 6. The maximum absolute atomic E-state index is 6.00. The monoisotopic (exact) mass is 357 g/mol. The van der Waals surface area contributed by atoms with E-state index in [0.717, 1.165) is 32.5 Å². The summed E-state index contributed by atoms with van der Waals surface area (Å²) in [7, 11) is 0. The maximum Gasteiger partial charge on any atom is 0.253 e. The van der Waals surface area contributed by atoms with Crippen molar-refractivity contribution < 1.29 is 9.26 Å². The molecule has 1 aliphatic rings. The Kier molecular flexibility index (Phi) is 5.10. The quantitative estimate of drug-likeness (QED) is 0.671. The van der Waals surface area contributed by atoms with E-state index in [0.29, 0.717) is 24.0 Å². The zero-order valence-corrected chi connectivity index (χ0v) is 14.6. The van der Waals surface area contributed by atoms with E-state index in [-0.39, 0.29) is 6.10 Å². The largest absolute Gasteiger partial charge is 0.367 e. The molecule has 3 aromatic heterocycles. The predicted octanol–water partition coefficient (Wildman–Crippen LogP) is 2.77. The van der Waals surface area contributed by atoms with Crippen molar-refractivity contribution in [2.24, 2.45) is 0 Å². The van der Waals surface area contributed by atoms with Crippen LogP contribution >= 0.6 is 11.3 Å². The third-order valence-corrected chi connectivity index (χ3v) is 4.88. The van der Waals surface area contributed by atoms with Crippen LogP contribution in [0.1, 0.15) is 24.3 Å². The maximum atomic E-state index is 6.00. The molecule has 3 aromatic rings. The van der Waals surface area contributed by atoms with Crippen LogP contribution in [0.15, 0.2) is 39.9 Å². The first-order valence-electron chi connectivity index (χ1n) is 8.31. The Morgan fingerprint density at radius 2 is 2.36 bits per heavy atom. The molecule has 0 amide bonds. The number of nitrogens with zero attached hydrogens (tertiary/aromatic N) is 5. The van der Waals surface area contributed by atoms with Crippen LogP contribution in [0.3, 0.4) is 0 Å². The molecule has 1 fully saturated rings. The van der Waals surface area contributed by atoms with Crippen molar-refractivity contribution in [3.05, 3.63) is 46.9 Å². The first-order valence-corrected chi connectivity index (χ1v) is 9.25. The van der Waals surface area contributed by atoms with Crippen LogP contribution in [0, 0.1) is 0 Å². The van der Waals surface area contributed by atoms with Crippen molar-refractivity contribution in [2.75, 3.05) is 13.1 Å². The summed E-state index contributed by atoms with van der Waals surface area (Å²) >= 11 is 1.74. The standard InChI is InChI=1S/C17H19N5O2S/c1-2-14(10-22(6-1)9-13-3-7-25-12-13)23-11-16-20-17(21-24-16)15-8-18-4-5-19-15/h3-5,7-8,12,14H,1-2,6,9-11H2/t14-/m1/s1. The van der Waals surface area contributed by atoms with E-state index in [1.54, 1.807) is 29.9 Å². The van der Waals surface area contributed by atoms with Crippen LogP contribution in [0.2, 0.25) is 0 Å². The van der Waals surface area contributed by atoms with Gasteiger partial charge in [-0.15, -0.1) is 0 Å². The topological polar surface area (TPSA) is 77.2 Å². The average molecular weight is 357 g/mol. The minimum Gasteiger partial charge on any atom is -0.367 e. The summed E-state index contributed by atoms with van der Waals surface area (Å²) in [5, 5.41) is 8.27. The van der Waals surface area contributed by atoms with Gasteiger partial charge in [0.1, 0.15) is 12.3 Å². The van der Waals surface area contributed by atoms with Gasteiger partial charge in [0.15, 0.2) is 0 Å². The number of likely N-dealkylation sites (tertiary alicyclic amines) is 1. The molecule has 0 saturated carbocycles. The van der Waals surface area contributed by atoms with E-state index < -0.39 is 0 Å². The van der Waals surface area contributed by atoms with Crippen LogP contribution in [-0.4, -0.2) is 44.2 Å². The normalized spacial score (nSPS) is 18.5. The molecule has 8 heteroatoms. The van der Waals surface area contributed by atoms with Crippen molar-refractivity contribution >= 4 is 11.3 Å². The lowest BCUT2D eigenvalue weighted by molar-refractivity contribution is -0.0210. The van der Waals surface area contributed by atoms with Gasteiger partial charge in [-0.1, -0.05) is 5.16 Å². The van der Waals surface area contributed by atoms with Crippen molar-refractivity contribution in [3.63, 3.8) is 0 Å². The third-order valence-electron chi connectivity index (χ3n) is 4.15. The molecule has 130 valence electrons. The third kappa shape index (κ3) is 4.28. The van der Waals surface area contributed by atoms with E-state index in [9.17, 15) is 0 Å². The second-order valence-corrected chi connectivity index (χ2v) is 6.82. The Hall–Kier alpha value is -2.16. The van der Waals surface area contributed by atoms with Crippen LogP contribution in [0.25, 0.3) is 11.5 Å². The van der Waals surface area contributed by atoms with Crippen LogP contribution in [-0.2, 0) is 17.9 Å². The van der Waals surface area contributed by atoms with E-state index in [4.69, 9.17) is 9.26 Å². The number of aromatic nitrogens is 4. The van der Waals surface area contributed by atoms with Gasteiger partial charge in [0.05, 0.1) is 12.3 Å². The summed E-state index contributed by atoms with van der Waals surface area (Å²) in [5.41, 5.74) is 1.97. The molecule has 0 N–H and O–H groups in total. The molecule has 4 rings (SSSR count). The molecule has 4 heterocycles. The molecule has 1 aliphatic heterocycles. The number of ether oxygens (including phenoxy) is 1. The summed E-state index contributed by atoms with van der Waals surface area (Å²) in [6.07, 6.45) is 7.22. The molecule has 1 atom stereocenters. The second-order valence-electron chi connectivity index (χ2n) is 6.04. The van der Waals surface area contributed by atoms with Crippen molar-refractivity contribution in [3.8, 4) is 11.5 Å². The molecule has 1 saturated heterocycles. The minimum absolute atomic E-state index is 0.194. The molecule has 0 aliphatic carbocycles. The highest BCUT2D eigenvalue weighted by atomic mass is 32.1. The van der Waals surface area contributed by atoms with Crippen molar-refractivity contribution in [1.82, 2.24) is 25.0 Å². The van der Waals surface area contributed by atoms with Gasteiger partial charge >= 0.3 is 0 Å². The number of hydrogen-bond donors (Lipinski definition) is 0. The zero-order chi connectivity index (χ0) is 16.9. The fourth-order valence-corrected chi connectivity index (χ4v) is 3.61. The van der Waals surface area contributed by atoms with Gasteiger partial charge in [0.2, 0.25) is 5.82 Å². The summed E-state index contributed by atoms with van der Waals surface area (Å²) in [4.78, 5) is 14.9. The van der Waals surface area contributed by atoms with E-state index >= 15 is 0 Å². The molecule has 7 nitrogen and oxygen atoms in total. The van der Waals surface area contributed by atoms with E-state index in [1.165, 1.54) is 5.56 Å². The van der Waals surface area contributed by atoms with Crippen molar-refractivity contribution in [1.29, 1.82) is 0 Å². The molecule has 0 bridgehead atoms. The Labute approximate surface area is 149 Å². The Balaban J connectivity index is 1.30. The number of thiophene rings is 1. The minimum atomic E-state index is 0.194. The smallest absolute Gasteiger partial charge is 0.253 e. The summed E-state index contributed by atoms with van der Waals surface area (Å²) < 4.78 is 11.3. The Morgan fingerprint density at radius 3 is 3.20 bits per heavy atom. The molecule has 25 heavy (non-hydrogen) atoms. The van der Waals surface area contributed by atoms with Gasteiger partial charge in [0.25, 0.3) is 5.89 Å². The van der Waals surface area contributed by atoms with Crippen LogP contribution < -0.4 is 0 Å². The highest BCUT2D eigenvalue weighted by Crippen LogP contribution is 2.19. The molecular formula is C17H19N5O2S. The molecule has 0 spiro atoms. The van der Waals surface area contributed by atoms with Crippen LogP contribution in [0.5, 0.6) is 0 Å². The van der Waals surface area contributed by atoms with Gasteiger partial charge in [-0.25, -0.2) is 4.98 Å². The molecular weight excluding hydrogens is 338 g/mol. The first-order chi connectivity index (χ1) is 12.4. The van der Waals surface area contributed by atoms with Gasteiger partial charge in [-0.3, -0.25) is 9.88 Å². The first kappa shape index (κ1) is 16.3. The van der Waals surface area contributed by atoms with Crippen LogP contribution in [0.4, 0.5) is 0 Å². The highest BCUT2D eigenvalue weighted by molar-refractivity contribution is 7.07. The van der Waals surface area contributed by atoms with Crippen molar-refractivity contribution in [2.45, 2.75) is 32.1 Å². The fourth-order valence-electron chi connectivity index (χ4n) is 2.95. The molecule has 0 aromatic carbocycles. The number of piperidine rings is 1. The number of hydrogen-bond acceptors (Lipinski definition) is 8. The lowest BCUT2D eigenvalue weighted by Crippen LogP contribution is -2.39. The molecule has 0 radical (unpaired) electrons. The lowest BCUT2D eigenvalue weighted by atomic mass is 10.1. The zero-order valence-electron chi connectivity index (χ0n) is 13.7. The van der Waals surface area contributed by atoms with Gasteiger partial charge in [-0.2, -0.15) is 16.3 Å². The Morgan fingerprint density at radius 1 is 1.36 bits per heavy atom. The Bertz CT molecular complexity index is 777. The predicted molar refractivity (Wildman–Crippen MR) is 92.7 cm³/mol. The second kappa shape index (κ2) is 7.81. The average Bonchev–Trinajstić information content (AvgIpc) is 3.33. The fraction of sp³-hybridized carbons (Fsp3) is 0.412. The van der Waals surface area contributed by atoms with Gasteiger partial charge in [-0.05, 0) is 41.8 Å². The van der Waals surface area contributed by atoms with E-state index in [1.807, 2.05) is 0 Å². The van der Waals surface area contributed by atoms with E-state index in [2.05, 4.69) is 41.8 Å². The SMILES string of the molecule is c1cnc(-c2noc(CO[C@@H]3CCCN(Cc4ccsc4)C3)n2)cn1. The summed E-state index contributed by atoms with van der Waals surface area (Å²) in [5.74, 6) is 0.907. The highest BCUT2D eigenvalue weighted by Gasteiger charge is 2.21. The summed E-state index contributed by atoms with van der Waals surface area (Å²) in [6.45, 7) is 3.36. The molecule has 0 unspecified atom stereocenters. The lowest BCUT2D eigenvalue weighted by Gasteiger charge is -2.32. The van der Waals surface area contributed by atoms with Gasteiger partial charge in [0, 0.05) is 25.5 Å².